The monoisotopic (exact) mass is 1180 g/mol. The zero-order valence-electron chi connectivity index (χ0n) is 36.2. The van der Waals surface area contributed by atoms with Gasteiger partial charge in [0.25, 0.3) is 11.1 Å². The predicted molar refractivity (Wildman–Crippen MR) is 264 cm³/mol. The van der Waals surface area contributed by atoms with Gasteiger partial charge < -0.3 is 35.4 Å². The average molecular weight is 1190 g/mol. The smallest absolute Gasteiger partial charge is 1.00 e. The summed E-state index contributed by atoms with van der Waals surface area (Å²) in [5.41, 5.74) is 4.76. The summed E-state index contributed by atoms with van der Waals surface area (Å²) in [4.78, 5) is 59.9. The summed E-state index contributed by atoms with van der Waals surface area (Å²) in [6, 6.07) is 17.3. The van der Waals surface area contributed by atoms with Gasteiger partial charge in [0.1, 0.15) is 4.03 Å². The van der Waals surface area contributed by atoms with E-state index in [0.29, 0.717) is 50.5 Å². The van der Waals surface area contributed by atoms with Crippen LogP contribution >= 0.6 is 90.4 Å². The van der Waals surface area contributed by atoms with Crippen LogP contribution in [0.3, 0.4) is 0 Å². The molecule has 4 N–H and O–H groups in total. The summed E-state index contributed by atoms with van der Waals surface area (Å²) in [6.07, 6.45) is 7.32. The molecule has 333 valence electrons. The van der Waals surface area contributed by atoms with Crippen LogP contribution in [0, 0.1) is 18.6 Å². The minimum absolute atomic E-state index is 0. The number of alkyl halides is 1. The molecule has 6 heterocycles. The van der Waals surface area contributed by atoms with E-state index in [-0.39, 0.29) is 61.2 Å². The van der Waals surface area contributed by atoms with E-state index in [4.69, 9.17) is 24.1 Å². The number of nitrogens with one attached hydrogen (secondary N) is 3. The van der Waals surface area contributed by atoms with Crippen LogP contribution in [0.1, 0.15) is 39.9 Å². The zero-order valence-corrected chi connectivity index (χ0v) is 46.0. The molecule has 0 saturated carbocycles. The molecule has 0 unspecified atom stereocenters. The van der Waals surface area contributed by atoms with Crippen LogP contribution < -0.4 is 59.6 Å². The molecule has 0 spiro atoms. The largest absolute Gasteiger partial charge is 1.00 e. The molecular weight excluding hydrogens is 1140 g/mol. The van der Waals surface area contributed by atoms with Gasteiger partial charge in [-0.1, -0.05) is 39.8 Å². The Bertz CT molecular complexity index is 2190. The standard InChI is InChI=1S/C12H13N3O2S.C7H8BrNO.C7H9NO2.C7H7NO2.C5H6N2OS.B.Br3P.Na.H/c1-8-5-10(16)15-12(14-8)18-7-9-3-4-11(17-2)13-6-9;1-10-7-3-2-6(4-8)5-9-7;2*1-10-7-3-2-6(5-9)4-8-7;1-3-2-4(8)7-5(9)6-3;;1-4(2)3;;/h3-6H,7H2,1-2H3,(H,14,15,16);2-3,5H,4H2,1H3;2-4,9H,5H2,1H3;2-5H,1H3;2H,1H3,(H2,6,7,8,9);;;;/q;;;;;;;+1;-1. The fourth-order valence-corrected chi connectivity index (χ4v) is 5.25. The van der Waals surface area contributed by atoms with Gasteiger partial charge in [0.2, 0.25) is 23.5 Å². The SMILES string of the molecule is BrP(Br)Br.COc1ccc(C=O)cn1.COc1ccc(CBr)cn1.COc1ccc(CO)cn1.COc1ccc(CSc2nc(C)cc(=O)[nH]2)cn1.Cc1cc(=O)[nH]c(=S)[nH]1.[B].[H-].[Na+]. The molecule has 6 rings (SSSR count). The van der Waals surface area contributed by atoms with E-state index in [1.165, 1.54) is 37.2 Å². The molecule has 25 heteroatoms. The molecule has 0 bridgehead atoms. The summed E-state index contributed by atoms with van der Waals surface area (Å²) in [7, 11) is 6.28. The molecule has 0 aliphatic heterocycles. The molecule has 3 radical (unpaired) electrons. The molecular formula is C38H44BBr4N8NaO8PS2. The molecule has 0 aliphatic rings. The minimum atomic E-state index is -0.183. The van der Waals surface area contributed by atoms with E-state index < -0.39 is 0 Å². The number of thioether (sulfide) groups is 1. The van der Waals surface area contributed by atoms with Gasteiger partial charge in [-0.25, -0.2) is 24.9 Å². The van der Waals surface area contributed by atoms with Gasteiger partial charge in [-0.3, -0.25) is 19.4 Å². The van der Waals surface area contributed by atoms with Crippen molar-refractivity contribution in [3.8, 4) is 23.5 Å². The fraction of sp³-hybridized carbons (Fsp3) is 0.237. The Morgan fingerprint density at radius 1 is 0.730 bits per heavy atom. The first-order chi connectivity index (χ1) is 29.2. The summed E-state index contributed by atoms with van der Waals surface area (Å²) in [6.45, 7) is 3.61. The molecule has 0 aromatic carbocycles. The number of methoxy groups -OCH3 is 4. The maximum Gasteiger partial charge on any atom is 1.00 e. The van der Waals surface area contributed by atoms with E-state index in [2.05, 4.69) is 114 Å². The number of aliphatic hydroxyl groups is 1. The van der Waals surface area contributed by atoms with Crippen LogP contribution in [0.2, 0.25) is 0 Å². The van der Waals surface area contributed by atoms with E-state index in [1.807, 2.05) is 24.3 Å². The van der Waals surface area contributed by atoms with Gasteiger partial charge in [-0.05, 0) is 101 Å². The number of aromatic nitrogens is 8. The predicted octanol–water partition coefficient (Wildman–Crippen LogP) is 6.12. The number of hydrogen-bond acceptors (Lipinski definition) is 15. The second-order valence-corrected chi connectivity index (χ2v) is 28.4. The van der Waals surface area contributed by atoms with Crippen molar-refractivity contribution >= 4 is 105 Å². The van der Waals surface area contributed by atoms with Crippen molar-refractivity contribution in [3.05, 3.63) is 145 Å². The first kappa shape index (κ1) is 62.3. The molecule has 63 heavy (non-hydrogen) atoms. The Balaban J connectivity index is -0.000000721. The quantitative estimate of drug-likeness (QED) is 0.0231. The van der Waals surface area contributed by atoms with Crippen molar-refractivity contribution in [2.45, 2.75) is 36.7 Å². The Morgan fingerprint density at radius 2 is 1.17 bits per heavy atom. The summed E-state index contributed by atoms with van der Waals surface area (Å²) in [5, 5.41) is 10.1. The number of hydrogen-bond donors (Lipinski definition) is 4. The van der Waals surface area contributed by atoms with E-state index >= 15 is 0 Å². The Labute approximate surface area is 433 Å². The second kappa shape index (κ2) is 37.4. The van der Waals surface area contributed by atoms with Crippen molar-refractivity contribution in [2.75, 3.05) is 28.4 Å². The number of nitrogens with zero attached hydrogens (tertiary/aromatic N) is 5. The minimum Gasteiger partial charge on any atom is -1.00 e. The van der Waals surface area contributed by atoms with E-state index in [1.54, 1.807) is 78.0 Å². The van der Waals surface area contributed by atoms with Crippen molar-refractivity contribution in [1.82, 2.24) is 39.9 Å². The number of aliphatic hydroxyl groups excluding tert-OH is 1. The number of aryl methyl sites for hydroxylation is 2. The number of aromatic amines is 3. The first-order valence-corrected chi connectivity index (χ1v) is 27.0. The van der Waals surface area contributed by atoms with Gasteiger partial charge in [0.15, 0.2) is 16.2 Å². The molecule has 16 nitrogen and oxygen atoms in total. The second-order valence-electron chi connectivity index (χ2n) is 11.1. The number of H-pyrrole nitrogens is 3. The van der Waals surface area contributed by atoms with Crippen LogP contribution in [0.5, 0.6) is 23.5 Å². The van der Waals surface area contributed by atoms with Gasteiger partial charge in [-0.2, -0.15) is 0 Å². The molecule has 0 amide bonds. The number of pyridine rings is 4. The number of halogens is 4. The maximum atomic E-state index is 11.3. The molecule has 0 fully saturated rings. The molecule has 6 aromatic heterocycles. The van der Waals surface area contributed by atoms with Gasteiger partial charge >= 0.3 is 29.6 Å². The van der Waals surface area contributed by atoms with Crippen LogP contribution in [-0.2, 0) is 17.7 Å². The topological polar surface area (TPSA) is 220 Å². The van der Waals surface area contributed by atoms with Crippen LogP contribution in [0.25, 0.3) is 0 Å². The zero-order chi connectivity index (χ0) is 45.6. The van der Waals surface area contributed by atoms with Crippen molar-refractivity contribution < 1.29 is 59.8 Å². The van der Waals surface area contributed by atoms with Gasteiger partial charge in [0, 0.05) is 97.6 Å². The fourth-order valence-electron chi connectivity index (χ4n) is 3.80. The van der Waals surface area contributed by atoms with Crippen LogP contribution in [0.15, 0.2) is 100 Å². The Kier molecular flexibility index (Phi) is 37.0. The van der Waals surface area contributed by atoms with Crippen molar-refractivity contribution in [3.63, 3.8) is 0 Å². The van der Waals surface area contributed by atoms with E-state index in [0.717, 1.165) is 34.0 Å². The number of rotatable bonds is 10. The summed E-state index contributed by atoms with van der Waals surface area (Å²) >= 11 is 19.0. The average Bonchev–Trinajstić information content (AvgIpc) is 3.26. The van der Waals surface area contributed by atoms with Crippen molar-refractivity contribution in [1.29, 1.82) is 0 Å². The number of ether oxygens (including phenoxy) is 4. The first-order valence-electron chi connectivity index (χ1n) is 17.1. The molecule has 0 atom stereocenters. The Morgan fingerprint density at radius 3 is 1.52 bits per heavy atom. The molecule has 0 saturated heterocycles. The summed E-state index contributed by atoms with van der Waals surface area (Å²) < 4.78 is 19.7. The normalized spacial score (nSPS) is 9.27. The number of carbonyl (C=O) groups excluding carboxylic acids is 1. The molecule has 6 aromatic rings. The molecule has 0 aliphatic carbocycles. The van der Waals surface area contributed by atoms with Crippen LogP contribution in [0.4, 0.5) is 0 Å². The van der Waals surface area contributed by atoms with Gasteiger partial charge in [-0.15, -0.1) is 0 Å². The third-order valence-corrected chi connectivity index (χ3v) is 8.38. The van der Waals surface area contributed by atoms with Crippen molar-refractivity contribution in [2.24, 2.45) is 0 Å². The third-order valence-electron chi connectivity index (χ3n) is 6.58. The van der Waals surface area contributed by atoms with Gasteiger partial charge in [0.05, 0.1) is 35.0 Å². The maximum absolute atomic E-state index is 11.3. The Hall–Kier alpha value is -2.83. The number of aldehydes is 1. The van der Waals surface area contributed by atoms with Crippen LogP contribution in [-0.4, -0.2) is 88.1 Å². The summed E-state index contributed by atoms with van der Waals surface area (Å²) in [5.74, 6) is 3.03. The third kappa shape index (κ3) is 30.1. The van der Waals surface area contributed by atoms with E-state index in [9.17, 15) is 14.4 Å². The number of carbonyl (C=O) groups is 1.